The molecule has 1 aromatic rings. The van der Waals surface area contributed by atoms with E-state index in [-0.39, 0.29) is 11.9 Å². The van der Waals surface area contributed by atoms with Crippen LogP contribution in [0.4, 0.5) is 0 Å². The molecule has 1 aliphatic heterocycles. The number of nitrogens with one attached hydrogen (secondary N) is 2. The molecule has 2 unspecified atom stereocenters. The minimum atomic E-state index is -0.0294. The second-order valence-corrected chi connectivity index (χ2v) is 7.10. The van der Waals surface area contributed by atoms with Crippen molar-refractivity contribution in [2.45, 2.75) is 45.1 Å². The lowest BCUT2D eigenvalue weighted by molar-refractivity contribution is -0.126. The van der Waals surface area contributed by atoms with Gasteiger partial charge in [-0.2, -0.15) is 0 Å². The van der Waals surface area contributed by atoms with E-state index >= 15 is 0 Å². The third-order valence-electron chi connectivity index (χ3n) is 5.33. The molecule has 1 saturated heterocycles. The number of benzene rings is 1. The highest BCUT2D eigenvalue weighted by molar-refractivity contribution is 5.81. The lowest BCUT2D eigenvalue weighted by atomic mass is 9.92. The van der Waals surface area contributed by atoms with E-state index in [0.717, 1.165) is 25.6 Å². The van der Waals surface area contributed by atoms with Gasteiger partial charge in [-0.1, -0.05) is 37.3 Å². The summed E-state index contributed by atoms with van der Waals surface area (Å²) in [6.07, 6.45) is 3.67. The van der Waals surface area contributed by atoms with Crippen LogP contribution in [0.3, 0.4) is 0 Å². The molecule has 2 N–H and O–H groups in total. The Morgan fingerprint density at radius 2 is 1.88 bits per heavy atom. The third kappa shape index (κ3) is 5.60. The molecule has 1 fully saturated rings. The van der Waals surface area contributed by atoms with Gasteiger partial charge >= 0.3 is 0 Å². The van der Waals surface area contributed by atoms with Gasteiger partial charge in [0, 0.05) is 6.54 Å². The Kier molecular flexibility index (Phi) is 7.73. The summed E-state index contributed by atoms with van der Waals surface area (Å²) in [4.78, 5) is 14.8. The highest BCUT2D eigenvalue weighted by Crippen LogP contribution is 2.21. The molecule has 4 nitrogen and oxygen atoms in total. The SMILES string of the molecule is CNCCC1CCN(C(C)C(=O)NCC(C)c2ccccc2)CC1. The van der Waals surface area contributed by atoms with Crippen molar-refractivity contribution in [1.29, 1.82) is 0 Å². The predicted molar refractivity (Wildman–Crippen MR) is 100 cm³/mol. The largest absolute Gasteiger partial charge is 0.354 e. The van der Waals surface area contributed by atoms with Gasteiger partial charge in [0.15, 0.2) is 0 Å². The van der Waals surface area contributed by atoms with Gasteiger partial charge < -0.3 is 10.6 Å². The molecular formula is C20H33N3O. The van der Waals surface area contributed by atoms with E-state index in [4.69, 9.17) is 0 Å². The fourth-order valence-electron chi connectivity index (χ4n) is 3.44. The number of nitrogens with zero attached hydrogens (tertiary/aromatic N) is 1. The van der Waals surface area contributed by atoms with Gasteiger partial charge in [-0.15, -0.1) is 0 Å². The molecule has 0 spiro atoms. The fraction of sp³-hybridized carbons (Fsp3) is 0.650. The van der Waals surface area contributed by atoms with Gasteiger partial charge in [-0.05, 0) is 70.3 Å². The molecule has 1 heterocycles. The van der Waals surface area contributed by atoms with Crippen molar-refractivity contribution in [2.75, 3.05) is 33.2 Å². The summed E-state index contributed by atoms with van der Waals surface area (Å²) < 4.78 is 0. The van der Waals surface area contributed by atoms with Gasteiger partial charge in [0.25, 0.3) is 0 Å². The number of carbonyl (C=O) groups is 1. The molecule has 134 valence electrons. The van der Waals surface area contributed by atoms with Crippen molar-refractivity contribution in [1.82, 2.24) is 15.5 Å². The van der Waals surface area contributed by atoms with Crippen molar-refractivity contribution < 1.29 is 4.79 Å². The van der Waals surface area contributed by atoms with E-state index in [1.165, 1.54) is 24.8 Å². The smallest absolute Gasteiger partial charge is 0.237 e. The van der Waals surface area contributed by atoms with Crippen LogP contribution in [0.15, 0.2) is 30.3 Å². The third-order valence-corrected chi connectivity index (χ3v) is 5.33. The first-order valence-corrected chi connectivity index (χ1v) is 9.33. The number of hydrogen-bond donors (Lipinski definition) is 2. The first-order valence-electron chi connectivity index (χ1n) is 9.33. The Hall–Kier alpha value is -1.39. The number of hydrogen-bond acceptors (Lipinski definition) is 3. The number of rotatable bonds is 8. The molecule has 2 rings (SSSR count). The van der Waals surface area contributed by atoms with Crippen molar-refractivity contribution in [3.05, 3.63) is 35.9 Å². The van der Waals surface area contributed by atoms with Crippen LogP contribution in [0.1, 0.15) is 44.6 Å². The molecule has 1 aliphatic rings. The Morgan fingerprint density at radius 1 is 1.21 bits per heavy atom. The number of piperidine rings is 1. The van der Waals surface area contributed by atoms with Gasteiger partial charge in [0.05, 0.1) is 6.04 Å². The van der Waals surface area contributed by atoms with Crippen LogP contribution >= 0.6 is 0 Å². The zero-order valence-corrected chi connectivity index (χ0v) is 15.4. The van der Waals surface area contributed by atoms with Crippen molar-refractivity contribution in [2.24, 2.45) is 5.92 Å². The zero-order chi connectivity index (χ0) is 17.4. The van der Waals surface area contributed by atoms with Crippen LogP contribution in [0.25, 0.3) is 0 Å². The van der Waals surface area contributed by atoms with Crippen molar-refractivity contribution in [3.8, 4) is 0 Å². The first kappa shape index (κ1) is 18.9. The first-order chi connectivity index (χ1) is 11.6. The Balaban J connectivity index is 1.72. The van der Waals surface area contributed by atoms with Crippen molar-refractivity contribution >= 4 is 5.91 Å². The average molecular weight is 332 g/mol. The molecule has 0 aliphatic carbocycles. The van der Waals surface area contributed by atoms with Crippen molar-refractivity contribution in [3.63, 3.8) is 0 Å². The summed E-state index contributed by atoms with van der Waals surface area (Å²) in [5.74, 6) is 1.31. The summed E-state index contributed by atoms with van der Waals surface area (Å²) >= 11 is 0. The molecular weight excluding hydrogens is 298 g/mol. The maximum atomic E-state index is 12.5. The lowest BCUT2D eigenvalue weighted by Crippen LogP contribution is -2.48. The molecule has 24 heavy (non-hydrogen) atoms. The van der Waals surface area contributed by atoms with Crippen LogP contribution < -0.4 is 10.6 Å². The lowest BCUT2D eigenvalue weighted by Gasteiger charge is -2.35. The Bertz CT molecular complexity index is 483. The number of likely N-dealkylation sites (tertiary alicyclic amines) is 1. The number of carbonyl (C=O) groups excluding carboxylic acids is 1. The minimum Gasteiger partial charge on any atom is -0.354 e. The topological polar surface area (TPSA) is 44.4 Å². The monoisotopic (exact) mass is 331 g/mol. The molecule has 0 saturated carbocycles. The van der Waals surface area contributed by atoms with E-state index in [1.807, 2.05) is 20.0 Å². The standard InChI is InChI=1S/C20H33N3O/c1-16(19-7-5-4-6-8-19)15-22-20(24)17(2)23-13-10-18(11-14-23)9-12-21-3/h4-8,16-18,21H,9-15H2,1-3H3,(H,22,24). The highest BCUT2D eigenvalue weighted by atomic mass is 16.2. The van der Waals surface area contributed by atoms with E-state index in [0.29, 0.717) is 12.5 Å². The van der Waals surface area contributed by atoms with Crippen LogP contribution in [-0.2, 0) is 4.79 Å². The molecule has 1 amide bonds. The summed E-state index contributed by atoms with van der Waals surface area (Å²) in [6, 6.07) is 10.3. The normalized spacial score (nSPS) is 19.0. The Labute approximate surface area is 147 Å². The van der Waals surface area contributed by atoms with Crippen LogP contribution in [0.5, 0.6) is 0 Å². The van der Waals surface area contributed by atoms with E-state index in [1.54, 1.807) is 0 Å². The molecule has 0 radical (unpaired) electrons. The second-order valence-electron chi connectivity index (χ2n) is 7.10. The van der Waals surface area contributed by atoms with Crippen LogP contribution in [-0.4, -0.2) is 50.1 Å². The predicted octanol–water partition coefficient (Wildman–Crippen LogP) is 2.62. The summed E-state index contributed by atoms with van der Waals surface area (Å²) in [6.45, 7) is 8.07. The van der Waals surface area contributed by atoms with Gasteiger partial charge in [-0.25, -0.2) is 0 Å². The quantitative estimate of drug-likeness (QED) is 0.770. The molecule has 2 atom stereocenters. The maximum Gasteiger partial charge on any atom is 0.237 e. The summed E-state index contributed by atoms with van der Waals surface area (Å²) in [7, 11) is 2.01. The number of amides is 1. The van der Waals surface area contributed by atoms with Crippen LogP contribution in [0, 0.1) is 5.92 Å². The van der Waals surface area contributed by atoms with Gasteiger partial charge in [0.2, 0.25) is 5.91 Å². The molecule has 4 heteroatoms. The molecule has 0 aromatic heterocycles. The molecule has 1 aromatic carbocycles. The van der Waals surface area contributed by atoms with Gasteiger partial charge in [0.1, 0.15) is 0 Å². The maximum absolute atomic E-state index is 12.5. The Morgan fingerprint density at radius 3 is 2.50 bits per heavy atom. The average Bonchev–Trinajstić information content (AvgIpc) is 2.64. The van der Waals surface area contributed by atoms with Gasteiger partial charge in [-0.3, -0.25) is 9.69 Å². The van der Waals surface area contributed by atoms with E-state index in [2.05, 4.69) is 46.7 Å². The summed E-state index contributed by atoms with van der Waals surface area (Å²) in [5.41, 5.74) is 1.27. The second kappa shape index (κ2) is 9.80. The molecule has 0 bridgehead atoms. The van der Waals surface area contributed by atoms with E-state index in [9.17, 15) is 4.79 Å². The zero-order valence-electron chi connectivity index (χ0n) is 15.4. The van der Waals surface area contributed by atoms with Crippen LogP contribution in [0.2, 0.25) is 0 Å². The minimum absolute atomic E-state index is 0.0294. The van der Waals surface area contributed by atoms with E-state index < -0.39 is 0 Å². The fourth-order valence-corrected chi connectivity index (χ4v) is 3.44. The highest BCUT2D eigenvalue weighted by Gasteiger charge is 2.26. The summed E-state index contributed by atoms with van der Waals surface area (Å²) in [5, 5.41) is 6.36.